The zero-order chi connectivity index (χ0) is 22.7. The van der Waals surface area contributed by atoms with E-state index in [0.29, 0.717) is 15.0 Å². The molecule has 0 spiro atoms. The van der Waals surface area contributed by atoms with Crippen molar-refractivity contribution in [3.63, 3.8) is 0 Å². The first-order valence-electron chi connectivity index (χ1n) is 9.76. The van der Waals surface area contributed by atoms with E-state index in [1.165, 1.54) is 23.1 Å². The molecule has 0 atom stereocenters. The molecule has 32 heavy (non-hydrogen) atoms. The van der Waals surface area contributed by atoms with Gasteiger partial charge in [-0.2, -0.15) is 13.2 Å². The third-order valence-electron chi connectivity index (χ3n) is 4.63. The Bertz CT molecular complexity index is 1110. The molecule has 1 aromatic heterocycles. The molecule has 1 aliphatic rings. The van der Waals surface area contributed by atoms with Gasteiger partial charge in [0.05, 0.1) is 11.3 Å². The summed E-state index contributed by atoms with van der Waals surface area (Å²) in [5, 5.41) is 6.13. The van der Waals surface area contributed by atoms with Gasteiger partial charge in [0, 0.05) is 17.2 Å². The maximum Gasteiger partial charge on any atom is 0.416 e. The van der Waals surface area contributed by atoms with E-state index in [1.54, 1.807) is 0 Å². The zero-order valence-electron chi connectivity index (χ0n) is 16.6. The number of hydrogen-bond acceptors (Lipinski definition) is 5. The van der Waals surface area contributed by atoms with E-state index in [9.17, 15) is 22.8 Å². The fourth-order valence-corrected chi connectivity index (χ4v) is 4.72. The topological polar surface area (TPSA) is 71.1 Å². The number of rotatable bonds is 7. The average molecular weight is 478 g/mol. The number of anilines is 1. The molecule has 0 aliphatic heterocycles. The maximum absolute atomic E-state index is 12.8. The Kier molecular flexibility index (Phi) is 6.52. The van der Waals surface area contributed by atoms with E-state index < -0.39 is 17.6 Å². The molecular weight excluding hydrogens is 459 g/mol. The Morgan fingerprint density at radius 1 is 1.06 bits per heavy atom. The van der Waals surface area contributed by atoms with Crippen molar-refractivity contribution in [2.45, 2.75) is 29.4 Å². The molecule has 0 bridgehead atoms. The van der Waals surface area contributed by atoms with Crippen LogP contribution in [0.3, 0.4) is 0 Å². The first kappa shape index (κ1) is 22.3. The number of hydrogen-bond donors (Lipinski definition) is 2. The number of thiazole rings is 1. The van der Waals surface area contributed by atoms with E-state index in [0.717, 1.165) is 42.7 Å². The summed E-state index contributed by atoms with van der Waals surface area (Å²) in [6, 6.07) is 13.5. The molecule has 2 N–H and O–H groups in total. The lowest BCUT2D eigenvalue weighted by molar-refractivity contribution is -0.137. The number of amides is 2. The fraction of sp³-hybridized carbons (Fsp3) is 0.227. The number of carbonyl (C=O) groups is 2. The van der Waals surface area contributed by atoms with Gasteiger partial charge in [0.15, 0.2) is 4.34 Å². The summed E-state index contributed by atoms with van der Waals surface area (Å²) >= 11 is 2.50. The minimum absolute atomic E-state index is 0.0655. The number of alkyl halides is 3. The molecule has 1 aliphatic carbocycles. The molecule has 2 amide bonds. The zero-order valence-corrected chi connectivity index (χ0v) is 18.2. The van der Waals surface area contributed by atoms with Gasteiger partial charge in [0.2, 0.25) is 5.91 Å². The van der Waals surface area contributed by atoms with Crippen molar-refractivity contribution in [3.8, 4) is 11.3 Å². The predicted octanol–water partition coefficient (Wildman–Crippen LogP) is 5.45. The highest BCUT2D eigenvalue weighted by atomic mass is 32.2. The number of carbonyl (C=O) groups excluding carboxylic acids is 2. The average Bonchev–Trinajstić information content (AvgIpc) is 3.50. The van der Waals surface area contributed by atoms with Crippen LogP contribution in [0.2, 0.25) is 0 Å². The molecule has 1 saturated carbocycles. The number of thioether (sulfide) groups is 1. The van der Waals surface area contributed by atoms with E-state index in [1.807, 2.05) is 30.3 Å². The van der Waals surface area contributed by atoms with Gasteiger partial charge >= 0.3 is 6.18 Å². The molecule has 166 valence electrons. The molecule has 0 saturated heterocycles. The quantitative estimate of drug-likeness (QED) is 0.444. The van der Waals surface area contributed by atoms with Crippen molar-refractivity contribution in [2.75, 3.05) is 11.1 Å². The third-order valence-corrected chi connectivity index (χ3v) is 6.74. The van der Waals surface area contributed by atoms with Gasteiger partial charge in [0.1, 0.15) is 10.7 Å². The highest BCUT2D eigenvalue weighted by Gasteiger charge is 2.30. The number of aromatic nitrogens is 1. The van der Waals surface area contributed by atoms with Crippen LogP contribution < -0.4 is 10.6 Å². The van der Waals surface area contributed by atoms with Crippen LogP contribution in [0.25, 0.3) is 11.3 Å². The summed E-state index contributed by atoms with van der Waals surface area (Å²) in [7, 11) is 0. The molecule has 4 rings (SSSR count). The monoisotopic (exact) mass is 477 g/mol. The van der Waals surface area contributed by atoms with Crippen LogP contribution in [0.1, 0.15) is 28.8 Å². The molecule has 3 aromatic rings. The van der Waals surface area contributed by atoms with E-state index >= 15 is 0 Å². The van der Waals surface area contributed by atoms with Crippen molar-refractivity contribution < 1.29 is 22.8 Å². The Morgan fingerprint density at radius 2 is 1.75 bits per heavy atom. The van der Waals surface area contributed by atoms with Gasteiger partial charge in [-0.25, -0.2) is 4.98 Å². The third kappa shape index (κ3) is 5.68. The number of nitrogens with one attached hydrogen (secondary N) is 2. The number of benzene rings is 2. The van der Waals surface area contributed by atoms with Crippen LogP contribution in [0.5, 0.6) is 0 Å². The van der Waals surface area contributed by atoms with Crippen molar-refractivity contribution in [2.24, 2.45) is 0 Å². The van der Waals surface area contributed by atoms with Crippen LogP contribution in [0.4, 0.5) is 18.2 Å². The van der Waals surface area contributed by atoms with Gasteiger partial charge in [-0.1, -0.05) is 53.4 Å². The molecule has 2 aromatic carbocycles. The van der Waals surface area contributed by atoms with Crippen molar-refractivity contribution in [3.05, 3.63) is 65.7 Å². The maximum atomic E-state index is 12.8. The van der Waals surface area contributed by atoms with Crippen LogP contribution in [-0.4, -0.2) is 28.6 Å². The van der Waals surface area contributed by atoms with Gasteiger partial charge in [-0.15, -0.1) is 0 Å². The highest BCUT2D eigenvalue weighted by Crippen LogP contribution is 2.38. The van der Waals surface area contributed by atoms with E-state index in [4.69, 9.17) is 0 Å². The van der Waals surface area contributed by atoms with Crippen LogP contribution in [0.15, 0.2) is 58.9 Å². The lowest BCUT2D eigenvalue weighted by Gasteiger charge is -2.08. The molecule has 1 fully saturated rings. The Hall–Kier alpha value is -2.85. The smallest absolute Gasteiger partial charge is 0.353 e. The minimum Gasteiger partial charge on any atom is -0.353 e. The lowest BCUT2D eigenvalue weighted by atomic mass is 10.1. The number of nitrogens with zero attached hydrogens (tertiary/aromatic N) is 1. The summed E-state index contributed by atoms with van der Waals surface area (Å²) < 4.78 is 38.9. The van der Waals surface area contributed by atoms with Crippen LogP contribution in [0, 0.1) is 0 Å². The van der Waals surface area contributed by atoms with E-state index in [-0.39, 0.29) is 23.3 Å². The van der Waals surface area contributed by atoms with Crippen molar-refractivity contribution >= 4 is 39.9 Å². The summed E-state index contributed by atoms with van der Waals surface area (Å²) in [6.07, 6.45) is -2.46. The molecule has 1 heterocycles. The Labute approximate surface area is 190 Å². The Balaban J connectivity index is 1.52. The Morgan fingerprint density at radius 3 is 2.38 bits per heavy atom. The van der Waals surface area contributed by atoms with Crippen LogP contribution >= 0.6 is 23.1 Å². The van der Waals surface area contributed by atoms with Gasteiger partial charge < -0.3 is 10.6 Å². The summed E-state index contributed by atoms with van der Waals surface area (Å²) in [4.78, 5) is 29.2. The molecule has 5 nitrogen and oxygen atoms in total. The normalized spacial score (nSPS) is 13.6. The SMILES string of the molecule is O=C(CSc1nc(-c2ccccc2)c(NC(=O)c2ccc(C(F)(F)F)cc2)s1)NC1CC1. The van der Waals surface area contributed by atoms with Crippen molar-refractivity contribution in [1.82, 2.24) is 10.3 Å². The van der Waals surface area contributed by atoms with Crippen LogP contribution in [-0.2, 0) is 11.0 Å². The first-order valence-corrected chi connectivity index (χ1v) is 11.6. The minimum atomic E-state index is -4.47. The summed E-state index contributed by atoms with van der Waals surface area (Å²) in [5.74, 6) is -0.392. The van der Waals surface area contributed by atoms with Gasteiger partial charge in [-0.05, 0) is 37.1 Å². The van der Waals surface area contributed by atoms with E-state index in [2.05, 4.69) is 15.6 Å². The molecule has 10 heteroatoms. The van der Waals surface area contributed by atoms with Crippen molar-refractivity contribution in [1.29, 1.82) is 0 Å². The second-order valence-electron chi connectivity index (χ2n) is 7.18. The summed E-state index contributed by atoms with van der Waals surface area (Å²) in [5.41, 5.74) is 0.602. The second kappa shape index (κ2) is 9.33. The van der Waals surface area contributed by atoms with Gasteiger partial charge in [-0.3, -0.25) is 9.59 Å². The molecular formula is C22H18F3N3O2S2. The van der Waals surface area contributed by atoms with Gasteiger partial charge in [0.25, 0.3) is 5.91 Å². The molecule has 0 radical (unpaired) electrons. The number of halogens is 3. The highest BCUT2D eigenvalue weighted by molar-refractivity contribution is 8.01. The first-order chi connectivity index (χ1) is 15.3. The second-order valence-corrected chi connectivity index (χ2v) is 9.40. The fourth-order valence-electron chi connectivity index (χ4n) is 2.85. The summed E-state index contributed by atoms with van der Waals surface area (Å²) in [6.45, 7) is 0. The largest absolute Gasteiger partial charge is 0.416 e. The molecule has 0 unspecified atom stereocenters. The lowest BCUT2D eigenvalue weighted by Crippen LogP contribution is -2.26. The predicted molar refractivity (Wildman–Crippen MR) is 119 cm³/mol. The standard InChI is InChI=1S/C22H18F3N3O2S2/c23-22(24,25)15-8-6-14(7-9-15)19(30)28-20-18(13-4-2-1-3-5-13)27-21(32-20)31-12-17(29)26-16-10-11-16/h1-9,16H,10-12H2,(H,26,29)(H,28,30).